The number of aromatic hydroxyl groups is 2. The number of phenolic OH excluding ortho intramolecular Hbond substituents is 2. The number of nitrogens with one attached hydrogen (secondary N) is 2. The summed E-state index contributed by atoms with van der Waals surface area (Å²) < 4.78 is 29.8. The van der Waals surface area contributed by atoms with E-state index in [0.29, 0.717) is 61.7 Å². The average molecular weight is 960 g/mol. The van der Waals surface area contributed by atoms with Gasteiger partial charge in [0, 0.05) is 70.2 Å². The molecule has 0 unspecified atom stereocenters. The Morgan fingerprint density at radius 1 is 0.522 bits per heavy atom. The normalized spacial score (nSPS) is 12.1. The lowest BCUT2D eigenvalue weighted by atomic mass is 10.0. The predicted molar refractivity (Wildman–Crippen MR) is 276 cm³/mol. The maximum atomic E-state index is 12.0. The Morgan fingerprint density at radius 3 is 1.22 bits per heavy atom. The summed E-state index contributed by atoms with van der Waals surface area (Å²) in [5.41, 5.74) is 12.7. The average Bonchev–Trinajstić information content (AvgIpc) is 4.21. The number of phenols is 2. The second kappa shape index (κ2) is 20.9. The topological polar surface area (TPSA) is 161 Å². The molecule has 0 spiro atoms. The maximum absolute atomic E-state index is 12.0. The van der Waals surface area contributed by atoms with E-state index in [9.17, 15) is 15.0 Å². The van der Waals surface area contributed by atoms with E-state index in [1.807, 2.05) is 124 Å². The lowest BCUT2D eigenvalue weighted by molar-refractivity contribution is -0.131. The van der Waals surface area contributed by atoms with Crippen LogP contribution in [0.25, 0.3) is 90.9 Å². The van der Waals surface area contributed by atoms with E-state index >= 15 is 0 Å². The van der Waals surface area contributed by atoms with Gasteiger partial charge in [0.25, 0.3) is 0 Å². The van der Waals surface area contributed by atoms with Gasteiger partial charge in [-0.1, -0.05) is 48.5 Å². The lowest BCUT2D eigenvalue weighted by Gasteiger charge is -2.28. The Morgan fingerprint density at radius 2 is 0.870 bits per heavy atom. The number of carbonyl (C=O) groups is 1. The first kappa shape index (κ1) is 46.8. The Bertz CT molecular complexity index is 3140. The van der Waals surface area contributed by atoms with E-state index < -0.39 is 14.8 Å². The van der Waals surface area contributed by atoms with Gasteiger partial charge < -0.3 is 42.9 Å². The van der Waals surface area contributed by atoms with Crippen molar-refractivity contribution in [2.24, 2.45) is 0 Å². The van der Waals surface area contributed by atoms with Crippen LogP contribution in [0.2, 0.25) is 6.04 Å². The lowest BCUT2D eigenvalue weighted by Crippen LogP contribution is -2.46. The SMILES string of the molecule is CCO[Si](CCCOc1ccc(-c2c3nc(c(-c4ccc(O)cc4)c4ccc([nH]4)c(-c4ccc(OC(=O)CCl)cc4)c4nc(c(-c5ccc(O)cc5)c5ccc2[nH]5)C=C4)C=C3)cc1)(OCC)OCC. The Balaban J connectivity index is 1.23. The van der Waals surface area contributed by atoms with Crippen molar-refractivity contribution in [3.05, 3.63) is 144 Å². The monoisotopic (exact) mass is 958 g/mol. The van der Waals surface area contributed by atoms with Crippen LogP contribution in [0.3, 0.4) is 0 Å². The minimum atomic E-state index is -2.80. The molecule has 7 aromatic rings. The molecule has 5 heterocycles. The van der Waals surface area contributed by atoms with Crippen LogP contribution in [0.15, 0.2) is 121 Å². The van der Waals surface area contributed by atoms with Gasteiger partial charge >= 0.3 is 14.8 Å². The van der Waals surface area contributed by atoms with Crippen molar-refractivity contribution >= 4 is 72.7 Å². The highest BCUT2D eigenvalue weighted by Gasteiger charge is 2.39. The molecule has 0 saturated carbocycles. The third kappa shape index (κ3) is 10.3. The number of halogens is 1. The Hall–Kier alpha value is -7.26. The van der Waals surface area contributed by atoms with E-state index in [1.165, 1.54) is 0 Å². The van der Waals surface area contributed by atoms with Gasteiger partial charge in [-0.2, -0.15) is 0 Å². The number of carbonyl (C=O) groups excluding carboxylic acids is 1. The molecule has 2 aliphatic heterocycles. The van der Waals surface area contributed by atoms with Crippen LogP contribution in [0, 0.1) is 0 Å². The van der Waals surface area contributed by atoms with Gasteiger partial charge in [0.05, 0.1) is 29.4 Å². The summed E-state index contributed by atoms with van der Waals surface area (Å²) in [6.07, 6.45) is 8.72. The zero-order chi connectivity index (χ0) is 47.9. The summed E-state index contributed by atoms with van der Waals surface area (Å²) in [5, 5.41) is 20.7. The molecule has 69 heavy (non-hydrogen) atoms. The largest absolute Gasteiger partial charge is 0.508 e. The first-order valence-corrected chi connectivity index (χ1v) is 25.4. The fraction of sp³-hybridized carbons (Fsp3) is 0.182. The van der Waals surface area contributed by atoms with E-state index in [4.69, 9.17) is 44.3 Å². The van der Waals surface area contributed by atoms with Crippen LogP contribution in [0.4, 0.5) is 0 Å². The second-order valence-corrected chi connectivity index (χ2v) is 19.2. The number of benzene rings is 4. The summed E-state index contributed by atoms with van der Waals surface area (Å²) in [6, 6.07) is 38.2. The third-order valence-electron chi connectivity index (χ3n) is 11.7. The molecule has 2 aliphatic rings. The highest BCUT2D eigenvalue weighted by atomic mass is 35.5. The number of aromatic nitrogens is 4. The third-order valence-corrected chi connectivity index (χ3v) is 15.1. The van der Waals surface area contributed by atoms with Crippen molar-refractivity contribution in [2.75, 3.05) is 32.3 Å². The molecular weight excluding hydrogens is 908 g/mol. The highest BCUT2D eigenvalue weighted by Crippen LogP contribution is 2.39. The molecule has 9 rings (SSSR count). The quantitative estimate of drug-likeness (QED) is 0.0227. The van der Waals surface area contributed by atoms with Gasteiger partial charge in [0.1, 0.15) is 28.9 Å². The molecule has 8 bridgehead atoms. The summed E-state index contributed by atoms with van der Waals surface area (Å²) in [7, 11) is -2.80. The Kier molecular flexibility index (Phi) is 14.2. The Labute approximate surface area is 405 Å². The second-order valence-electron chi connectivity index (χ2n) is 16.2. The van der Waals surface area contributed by atoms with E-state index in [-0.39, 0.29) is 17.4 Å². The molecule has 0 amide bonds. The number of aromatic amines is 2. The number of H-pyrrole nitrogens is 2. The number of hydrogen-bond donors (Lipinski definition) is 4. The van der Waals surface area contributed by atoms with Crippen molar-refractivity contribution < 1.29 is 37.8 Å². The molecule has 0 aliphatic carbocycles. The minimum Gasteiger partial charge on any atom is -0.508 e. The fourth-order valence-corrected chi connectivity index (χ4v) is 11.4. The molecule has 12 nitrogen and oxygen atoms in total. The maximum Gasteiger partial charge on any atom is 0.501 e. The van der Waals surface area contributed by atoms with Crippen LogP contribution >= 0.6 is 11.6 Å². The number of esters is 1. The van der Waals surface area contributed by atoms with Crippen LogP contribution in [0.1, 0.15) is 50.0 Å². The van der Waals surface area contributed by atoms with Crippen LogP contribution in [-0.2, 0) is 18.1 Å². The summed E-state index contributed by atoms with van der Waals surface area (Å²) in [4.78, 5) is 30.2. The van der Waals surface area contributed by atoms with Crippen LogP contribution < -0.4 is 9.47 Å². The number of nitrogens with zero attached hydrogens (tertiary/aromatic N) is 2. The highest BCUT2D eigenvalue weighted by molar-refractivity contribution is 6.60. The minimum absolute atomic E-state index is 0.148. The van der Waals surface area contributed by atoms with Crippen molar-refractivity contribution in [2.45, 2.75) is 33.2 Å². The first-order valence-electron chi connectivity index (χ1n) is 22.9. The number of hydrogen-bond acceptors (Lipinski definition) is 10. The van der Waals surface area contributed by atoms with Crippen LogP contribution in [0.5, 0.6) is 23.0 Å². The number of ether oxygens (including phenoxy) is 2. The molecule has 14 heteroatoms. The molecule has 0 radical (unpaired) electrons. The molecule has 0 fully saturated rings. The first-order chi connectivity index (χ1) is 33.7. The molecule has 4 aromatic carbocycles. The van der Waals surface area contributed by atoms with E-state index in [2.05, 4.69) is 16.0 Å². The molecule has 350 valence electrons. The van der Waals surface area contributed by atoms with Gasteiger partial charge in [-0.3, -0.25) is 4.79 Å². The molecule has 0 saturated heterocycles. The van der Waals surface area contributed by atoms with Gasteiger partial charge in [-0.05, 0) is 147 Å². The molecule has 3 aromatic heterocycles. The number of rotatable bonds is 17. The zero-order valence-electron chi connectivity index (χ0n) is 38.4. The number of alkyl halides is 1. The van der Waals surface area contributed by atoms with E-state index in [0.717, 1.165) is 78.0 Å². The molecule has 4 N–H and O–H groups in total. The predicted octanol–water partition coefficient (Wildman–Crippen LogP) is 12.7. The van der Waals surface area contributed by atoms with Gasteiger partial charge in [-0.25, -0.2) is 9.97 Å². The van der Waals surface area contributed by atoms with Crippen LogP contribution in [-0.4, -0.2) is 77.2 Å². The summed E-state index contributed by atoms with van der Waals surface area (Å²) in [5.74, 6) is 0.572. The summed E-state index contributed by atoms with van der Waals surface area (Å²) >= 11 is 5.74. The standard InChI is InChI=1S/C55H51ClN4O8Si/c1-4-65-69(66-5-2,67-6-3)33-7-32-64-41-20-12-37(13-21-41)54-47-28-24-43(57-47)52(35-8-16-39(61)17-9-35)45-26-30-49(59-45)55(38-14-22-42(23-15-38)68-51(63)34-56)50-31-27-46(60-50)53(44-25-29-48(54)58-44)36-10-18-40(62)19-11-36/h8-31,57,60-62H,4-7,32-34H2,1-3H3. The number of fused-ring (bicyclic) bond motifs is 8. The van der Waals surface area contributed by atoms with Gasteiger partial charge in [0.15, 0.2) is 0 Å². The molecular formula is C55H51ClN4O8Si. The van der Waals surface area contributed by atoms with Crippen molar-refractivity contribution in [1.82, 2.24) is 19.9 Å². The summed E-state index contributed by atoms with van der Waals surface area (Å²) in [6.45, 7) is 7.90. The van der Waals surface area contributed by atoms with Gasteiger partial charge in [-0.15, -0.1) is 11.6 Å². The molecule has 0 atom stereocenters. The van der Waals surface area contributed by atoms with Gasteiger partial charge in [0.2, 0.25) is 0 Å². The van der Waals surface area contributed by atoms with Crippen molar-refractivity contribution in [3.8, 4) is 67.5 Å². The van der Waals surface area contributed by atoms with E-state index in [1.54, 1.807) is 36.4 Å². The zero-order valence-corrected chi connectivity index (χ0v) is 40.2. The fourth-order valence-electron chi connectivity index (χ4n) is 8.72. The smallest absolute Gasteiger partial charge is 0.501 e. The van der Waals surface area contributed by atoms with Crippen molar-refractivity contribution in [1.29, 1.82) is 0 Å². The van der Waals surface area contributed by atoms with Crippen molar-refractivity contribution in [3.63, 3.8) is 0 Å².